The maximum absolute atomic E-state index is 12.9. The van der Waals surface area contributed by atoms with Crippen LogP contribution in [-0.4, -0.2) is 26.6 Å². The molecule has 0 unspecified atom stereocenters. The number of nitrogens with one attached hydrogen (secondary N) is 1. The van der Waals surface area contributed by atoms with E-state index < -0.39 is 21.7 Å². The van der Waals surface area contributed by atoms with Gasteiger partial charge in [-0.3, -0.25) is 9.10 Å². The quantitative estimate of drug-likeness (QED) is 0.904. The van der Waals surface area contributed by atoms with E-state index in [2.05, 4.69) is 5.32 Å². The average molecular weight is 369 g/mol. The smallest absolute Gasteiger partial charge is 0.255 e. The van der Waals surface area contributed by atoms with Gasteiger partial charge in [-0.05, 0) is 48.9 Å². The Balaban J connectivity index is 1.80. The van der Waals surface area contributed by atoms with Crippen LogP contribution in [0.3, 0.4) is 0 Å². The van der Waals surface area contributed by atoms with E-state index in [1.807, 2.05) is 0 Å². The van der Waals surface area contributed by atoms with Crippen LogP contribution < -0.4 is 9.62 Å². The summed E-state index contributed by atoms with van der Waals surface area (Å²) in [7, 11) is -3.29. The molecule has 1 N–H and O–H groups in total. The molecule has 126 valence electrons. The van der Waals surface area contributed by atoms with Crippen LogP contribution in [0.5, 0.6) is 0 Å². The van der Waals surface area contributed by atoms with E-state index in [0.29, 0.717) is 29.9 Å². The molecule has 1 heterocycles. The second-order valence-corrected chi connectivity index (χ2v) is 7.79. The molecule has 1 aliphatic rings. The number of anilines is 2. The highest BCUT2D eigenvalue weighted by Gasteiger charge is 2.28. The molecule has 2 aromatic rings. The van der Waals surface area contributed by atoms with E-state index in [-0.39, 0.29) is 10.8 Å². The topological polar surface area (TPSA) is 66.5 Å². The van der Waals surface area contributed by atoms with Crippen molar-refractivity contribution in [1.82, 2.24) is 0 Å². The Kier molecular flexibility index (Phi) is 4.47. The third kappa shape index (κ3) is 3.37. The monoisotopic (exact) mass is 368 g/mol. The SMILES string of the molecule is O=C(Nc1ccc(N2CCCS2(=O)=O)cc1Cl)c1ccc(F)cc1. The maximum atomic E-state index is 12.9. The first kappa shape index (κ1) is 16.7. The van der Waals surface area contributed by atoms with Gasteiger partial charge in [-0.25, -0.2) is 12.8 Å². The van der Waals surface area contributed by atoms with Crippen molar-refractivity contribution in [2.24, 2.45) is 0 Å². The highest BCUT2D eigenvalue weighted by molar-refractivity contribution is 7.93. The fourth-order valence-electron chi connectivity index (χ4n) is 2.49. The molecule has 0 radical (unpaired) electrons. The van der Waals surface area contributed by atoms with Gasteiger partial charge in [0.05, 0.1) is 22.2 Å². The fraction of sp³-hybridized carbons (Fsp3) is 0.188. The molecule has 8 heteroatoms. The summed E-state index contributed by atoms with van der Waals surface area (Å²) in [6.45, 7) is 0.417. The van der Waals surface area contributed by atoms with Gasteiger partial charge in [0, 0.05) is 12.1 Å². The normalized spacial score (nSPS) is 16.2. The van der Waals surface area contributed by atoms with Crippen LogP contribution in [0.15, 0.2) is 42.5 Å². The highest BCUT2D eigenvalue weighted by atomic mass is 35.5. The largest absolute Gasteiger partial charge is 0.321 e. The van der Waals surface area contributed by atoms with Gasteiger partial charge >= 0.3 is 0 Å². The van der Waals surface area contributed by atoms with E-state index >= 15 is 0 Å². The highest BCUT2D eigenvalue weighted by Crippen LogP contribution is 2.31. The summed E-state index contributed by atoms with van der Waals surface area (Å²) in [5, 5.41) is 2.85. The Labute approximate surface area is 144 Å². The summed E-state index contributed by atoms with van der Waals surface area (Å²) < 4.78 is 38.1. The van der Waals surface area contributed by atoms with E-state index in [1.165, 1.54) is 34.6 Å². The number of carbonyl (C=O) groups is 1. The molecular formula is C16H14ClFN2O3S. The van der Waals surface area contributed by atoms with Crippen molar-refractivity contribution < 1.29 is 17.6 Å². The third-order valence-electron chi connectivity index (χ3n) is 3.69. The third-order valence-corrected chi connectivity index (χ3v) is 5.88. The number of rotatable bonds is 3. The van der Waals surface area contributed by atoms with Crippen LogP contribution in [-0.2, 0) is 10.0 Å². The zero-order valence-electron chi connectivity index (χ0n) is 12.5. The molecule has 1 saturated heterocycles. The number of benzene rings is 2. The predicted octanol–water partition coefficient (Wildman–Crippen LogP) is 3.27. The summed E-state index contributed by atoms with van der Waals surface area (Å²) in [4.78, 5) is 12.1. The van der Waals surface area contributed by atoms with E-state index in [9.17, 15) is 17.6 Å². The minimum atomic E-state index is -3.29. The molecule has 0 aromatic heterocycles. The number of hydrogen-bond donors (Lipinski definition) is 1. The molecule has 3 rings (SSSR count). The van der Waals surface area contributed by atoms with Crippen molar-refractivity contribution >= 4 is 38.9 Å². The fourth-order valence-corrected chi connectivity index (χ4v) is 4.26. The lowest BCUT2D eigenvalue weighted by atomic mass is 10.2. The van der Waals surface area contributed by atoms with Crippen molar-refractivity contribution in [1.29, 1.82) is 0 Å². The van der Waals surface area contributed by atoms with Crippen LogP contribution in [0.4, 0.5) is 15.8 Å². The average Bonchev–Trinajstić information content (AvgIpc) is 2.89. The van der Waals surface area contributed by atoms with Crippen molar-refractivity contribution in [3.05, 3.63) is 58.9 Å². The van der Waals surface area contributed by atoms with Gasteiger partial charge < -0.3 is 5.32 Å². The first-order valence-electron chi connectivity index (χ1n) is 7.24. The molecule has 2 aromatic carbocycles. The second kappa shape index (κ2) is 6.41. The van der Waals surface area contributed by atoms with Crippen molar-refractivity contribution in [2.45, 2.75) is 6.42 Å². The van der Waals surface area contributed by atoms with E-state index in [0.717, 1.165) is 0 Å². The Hall–Kier alpha value is -2.12. The summed E-state index contributed by atoms with van der Waals surface area (Å²) in [5.41, 5.74) is 1.11. The summed E-state index contributed by atoms with van der Waals surface area (Å²) in [6, 6.07) is 9.76. The molecule has 0 spiro atoms. The molecule has 5 nitrogen and oxygen atoms in total. The van der Waals surface area contributed by atoms with Crippen LogP contribution in [0, 0.1) is 5.82 Å². The second-order valence-electron chi connectivity index (χ2n) is 5.37. The zero-order chi connectivity index (χ0) is 17.3. The number of nitrogens with zero attached hydrogens (tertiary/aromatic N) is 1. The Morgan fingerprint density at radius 2 is 1.88 bits per heavy atom. The molecular weight excluding hydrogens is 355 g/mol. The van der Waals surface area contributed by atoms with Crippen LogP contribution in [0.25, 0.3) is 0 Å². The van der Waals surface area contributed by atoms with Crippen LogP contribution in [0.1, 0.15) is 16.8 Å². The van der Waals surface area contributed by atoms with Gasteiger partial charge in [0.1, 0.15) is 5.82 Å². The molecule has 1 amide bonds. The maximum Gasteiger partial charge on any atom is 0.255 e. The molecule has 0 atom stereocenters. The number of halogens is 2. The summed E-state index contributed by atoms with van der Waals surface area (Å²) >= 11 is 6.16. The lowest BCUT2D eigenvalue weighted by Gasteiger charge is -2.18. The number of hydrogen-bond acceptors (Lipinski definition) is 3. The van der Waals surface area contributed by atoms with Crippen molar-refractivity contribution in [3.63, 3.8) is 0 Å². The van der Waals surface area contributed by atoms with Crippen molar-refractivity contribution in [3.8, 4) is 0 Å². The lowest BCUT2D eigenvalue weighted by molar-refractivity contribution is 0.102. The van der Waals surface area contributed by atoms with Gasteiger partial charge in [0.15, 0.2) is 0 Å². The molecule has 1 fully saturated rings. The molecule has 0 saturated carbocycles. The Morgan fingerprint density at radius 1 is 1.17 bits per heavy atom. The standard InChI is InChI=1S/C16H14ClFN2O3S/c17-14-10-13(20-8-1-9-24(20,22)23)6-7-15(14)19-16(21)11-2-4-12(18)5-3-11/h2-7,10H,1,8-9H2,(H,19,21). The predicted molar refractivity (Wildman–Crippen MR) is 91.6 cm³/mol. The first-order valence-corrected chi connectivity index (χ1v) is 9.22. The van der Waals surface area contributed by atoms with Crippen LogP contribution in [0.2, 0.25) is 5.02 Å². The minimum absolute atomic E-state index is 0.119. The van der Waals surface area contributed by atoms with Gasteiger partial charge in [-0.2, -0.15) is 0 Å². The van der Waals surface area contributed by atoms with Gasteiger partial charge in [0.25, 0.3) is 5.91 Å². The lowest BCUT2D eigenvalue weighted by Crippen LogP contribution is -2.25. The number of amides is 1. The van der Waals surface area contributed by atoms with E-state index in [1.54, 1.807) is 12.1 Å². The first-order chi connectivity index (χ1) is 11.4. The van der Waals surface area contributed by atoms with Crippen molar-refractivity contribution in [2.75, 3.05) is 21.9 Å². The number of sulfonamides is 1. The van der Waals surface area contributed by atoms with E-state index in [4.69, 9.17) is 11.6 Å². The summed E-state index contributed by atoms with van der Waals surface area (Å²) in [6.07, 6.45) is 0.572. The molecule has 0 aliphatic carbocycles. The molecule has 0 bridgehead atoms. The molecule has 1 aliphatic heterocycles. The van der Waals surface area contributed by atoms with Gasteiger partial charge in [-0.1, -0.05) is 11.6 Å². The summed E-state index contributed by atoms with van der Waals surface area (Å²) in [5.74, 6) is -0.743. The zero-order valence-corrected chi connectivity index (χ0v) is 14.1. The van der Waals surface area contributed by atoms with Crippen LogP contribution >= 0.6 is 11.6 Å². The molecule has 24 heavy (non-hydrogen) atoms. The van der Waals surface area contributed by atoms with Gasteiger partial charge in [-0.15, -0.1) is 0 Å². The minimum Gasteiger partial charge on any atom is -0.321 e. The Morgan fingerprint density at radius 3 is 2.46 bits per heavy atom. The van der Waals surface area contributed by atoms with Gasteiger partial charge in [0.2, 0.25) is 10.0 Å². The number of carbonyl (C=O) groups excluding carboxylic acids is 1. The Bertz CT molecular complexity index is 885.